The fourth-order valence-corrected chi connectivity index (χ4v) is 3.76. The van der Waals surface area contributed by atoms with E-state index >= 15 is 0 Å². The molecule has 1 N–H and O–H groups in total. The van der Waals surface area contributed by atoms with Crippen LogP contribution in [0.4, 0.5) is 4.39 Å². The maximum Gasteiger partial charge on any atom is 0.230 e. The molecule has 0 radical (unpaired) electrons. The first-order valence-electron chi connectivity index (χ1n) is 9.70. The van der Waals surface area contributed by atoms with Crippen LogP contribution in [-0.2, 0) is 17.9 Å². The molecule has 0 atom stereocenters. The van der Waals surface area contributed by atoms with Crippen molar-refractivity contribution in [2.24, 2.45) is 0 Å². The molecular weight excluding hydrogens is 413 g/mol. The second kappa shape index (κ2) is 9.99. The van der Waals surface area contributed by atoms with Gasteiger partial charge in [-0.25, -0.2) is 4.39 Å². The molecule has 4 rings (SSSR count). The van der Waals surface area contributed by atoms with Gasteiger partial charge in [-0.3, -0.25) is 14.3 Å². The summed E-state index contributed by atoms with van der Waals surface area (Å²) in [5, 5.41) is 12.2. The Morgan fingerprint density at radius 2 is 1.77 bits per heavy atom. The average Bonchev–Trinajstić information content (AvgIpc) is 3.21. The van der Waals surface area contributed by atoms with Gasteiger partial charge in [0.05, 0.1) is 12.3 Å². The summed E-state index contributed by atoms with van der Waals surface area (Å²) < 4.78 is 15.0. The van der Waals surface area contributed by atoms with Gasteiger partial charge in [-0.1, -0.05) is 54.2 Å². The van der Waals surface area contributed by atoms with Crippen LogP contribution in [0, 0.1) is 5.82 Å². The zero-order chi connectivity index (χ0) is 21.5. The molecule has 0 aliphatic rings. The first-order valence-corrected chi connectivity index (χ1v) is 10.7. The first kappa shape index (κ1) is 20.7. The SMILES string of the molecule is O=C(CSc1nnc(-c2cccnc2)n1Cc1ccccc1)NCc1ccc(F)cc1. The maximum atomic E-state index is 13.0. The molecule has 2 heterocycles. The molecule has 0 fully saturated rings. The lowest BCUT2D eigenvalue weighted by atomic mass is 10.2. The normalized spacial score (nSPS) is 10.7. The zero-order valence-corrected chi connectivity index (χ0v) is 17.4. The van der Waals surface area contributed by atoms with Crippen LogP contribution < -0.4 is 5.32 Å². The Balaban J connectivity index is 1.46. The van der Waals surface area contributed by atoms with Crippen molar-refractivity contribution in [1.29, 1.82) is 0 Å². The lowest BCUT2D eigenvalue weighted by molar-refractivity contribution is -0.118. The van der Waals surface area contributed by atoms with Crippen molar-refractivity contribution in [3.05, 3.63) is 96.1 Å². The Labute approximate surface area is 183 Å². The summed E-state index contributed by atoms with van der Waals surface area (Å²) >= 11 is 1.32. The number of aromatic nitrogens is 4. The number of nitrogens with one attached hydrogen (secondary N) is 1. The van der Waals surface area contributed by atoms with Crippen molar-refractivity contribution in [2.75, 3.05) is 5.75 Å². The number of hydrogen-bond acceptors (Lipinski definition) is 5. The van der Waals surface area contributed by atoms with E-state index in [2.05, 4.69) is 20.5 Å². The quantitative estimate of drug-likeness (QED) is 0.426. The Hall–Kier alpha value is -3.52. The predicted octanol–water partition coefficient (Wildman–Crippen LogP) is 3.94. The van der Waals surface area contributed by atoms with E-state index in [4.69, 9.17) is 0 Å². The standard InChI is InChI=1S/C23H20FN5OS/c24-20-10-8-17(9-11-20)13-26-21(30)16-31-23-28-27-22(19-7-4-12-25-14-19)29(23)15-18-5-2-1-3-6-18/h1-12,14H,13,15-16H2,(H,26,30). The van der Waals surface area contributed by atoms with Crippen LogP contribution in [0.3, 0.4) is 0 Å². The minimum Gasteiger partial charge on any atom is -0.351 e. The molecule has 0 saturated heterocycles. The molecule has 2 aromatic carbocycles. The van der Waals surface area contributed by atoms with Gasteiger partial charge in [0.25, 0.3) is 0 Å². The molecule has 0 bridgehead atoms. The van der Waals surface area contributed by atoms with E-state index in [1.807, 2.05) is 47.0 Å². The number of carbonyl (C=O) groups is 1. The van der Waals surface area contributed by atoms with Crippen molar-refractivity contribution >= 4 is 17.7 Å². The third kappa shape index (κ3) is 5.55. The van der Waals surface area contributed by atoms with Crippen LogP contribution in [0.25, 0.3) is 11.4 Å². The number of halogens is 1. The van der Waals surface area contributed by atoms with Crippen molar-refractivity contribution < 1.29 is 9.18 Å². The average molecular weight is 434 g/mol. The van der Waals surface area contributed by atoms with Crippen molar-refractivity contribution in [3.8, 4) is 11.4 Å². The van der Waals surface area contributed by atoms with Crippen molar-refractivity contribution in [3.63, 3.8) is 0 Å². The Morgan fingerprint density at radius 1 is 0.968 bits per heavy atom. The van der Waals surface area contributed by atoms with E-state index in [0.717, 1.165) is 16.7 Å². The van der Waals surface area contributed by atoms with E-state index in [9.17, 15) is 9.18 Å². The highest BCUT2D eigenvalue weighted by Gasteiger charge is 2.16. The van der Waals surface area contributed by atoms with Gasteiger partial charge in [0.1, 0.15) is 5.82 Å². The molecule has 0 aliphatic carbocycles. The van der Waals surface area contributed by atoms with Crippen LogP contribution in [0.2, 0.25) is 0 Å². The second-order valence-electron chi connectivity index (χ2n) is 6.81. The number of amides is 1. The van der Waals surface area contributed by atoms with E-state index in [1.54, 1.807) is 24.5 Å². The van der Waals surface area contributed by atoms with Gasteiger partial charge >= 0.3 is 0 Å². The Morgan fingerprint density at radius 3 is 2.52 bits per heavy atom. The fourth-order valence-electron chi connectivity index (χ4n) is 3.00. The van der Waals surface area contributed by atoms with Crippen LogP contribution in [0.15, 0.2) is 84.3 Å². The minimum absolute atomic E-state index is 0.133. The molecule has 0 aliphatic heterocycles. The summed E-state index contributed by atoms with van der Waals surface area (Å²) in [6.45, 7) is 0.926. The minimum atomic E-state index is -0.298. The summed E-state index contributed by atoms with van der Waals surface area (Å²) in [5.74, 6) is 0.465. The van der Waals surface area contributed by atoms with Gasteiger partial charge in [-0.05, 0) is 35.4 Å². The van der Waals surface area contributed by atoms with Crippen LogP contribution >= 0.6 is 11.8 Å². The molecular formula is C23H20FN5OS. The van der Waals surface area contributed by atoms with Crippen LogP contribution in [0.1, 0.15) is 11.1 Å². The van der Waals surface area contributed by atoms with Gasteiger partial charge in [0.2, 0.25) is 5.91 Å². The number of carbonyl (C=O) groups excluding carboxylic acids is 1. The van der Waals surface area contributed by atoms with E-state index < -0.39 is 0 Å². The molecule has 156 valence electrons. The molecule has 2 aromatic heterocycles. The molecule has 0 unspecified atom stereocenters. The van der Waals surface area contributed by atoms with Gasteiger partial charge in [-0.2, -0.15) is 0 Å². The Kier molecular flexibility index (Phi) is 6.68. The molecule has 31 heavy (non-hydrogen) atoms. The first-order chi connectivity index (χ1) is 15.2. The molecule has 6 nitrogen and oxygen atoms in total. The van der Waals surface area contributed by atoms with Gasteiger partial charge in [-0.15, -0.1) is 10.2 Å². The largest absolute Gasteiger partial charge is 0.351 e. The van der Waals surface area contributed by atoms with Crippen LogP contribution in [0.5, 0.6) is 0 Å². The highest BCUT2D eigenvalue weighted by atomic mass is 32.2. The molecule has 1 amide bonds. The third-order valence-corrected chi connectivity index (χ3v) is 5.52. The molecule has 0 saturated carbocycles. The maximum absolute atomic E-state index is 13.0. The van der Waals surface area contributed by atoms with E-state index in [1.165, 1.54) is 23.9 Å². The van der Waals surface area contributed by atoms with Gasteiger partial charge in [0, 0.05) is 24.5 Å². The van der Waals surface area contributed by atoms with E-state index in [0.29, 0.717) is 24.1 Å². The summed E-state index contributed by atoms with van der Waals surface area (Å²) in [6.07, 6.45) is 3.46. The molecule has 4 aromatic rings. The zero-order valence-electron chi connectivity index (χ0n) is 16.6. The number of pyridine rings is 1. The number of rotatable bonds is 8. The van der Waals surface area contributed by atoms with E-state index in [-0.39, 0.29) is 17.5 Å². The number of benzene rings is 2. The summed E-state index contributed by atoms with van der Waals surface area (Å²) in [6, 6.07) is 19.9. The van der Waals surface area contributed by atoms with Crippen molar-refractivity contribution in [1.82, 2.24) is 25.1 Å². The number of nitrogens with zero attached hydrogens (tertiary/aromatic N) is 4. The lowest BCUT2D eigenvalue weighted by Gasteiger charge is -2.10. The van der Waals surface area contributed by atoms with Gasteiger partial charge < -0.3 is 5.32 Å². The van der Waals surface area contributed by atoms with Gasteiger partial charge in [0.15, 0.2) is 11.0 Å². The molecule has 8 heteroatoms. The van der Waals surface area contributed by atoms with Crippen LogP contribution in [-0.4, -0.2) is 31.4 Å². The number of thioether (sulfide) groups is 1. The number of hydrogen-bond donors (Lipinski definition) is 1. The second-order valence-corrected chi connectivity index (χ2v) is 7.75. The summed E-state index contributed by atoms with van der Waals surface area (Å²) in [4.78, 5) is 16.5. The topological polar surface area (TPSA) is 72.7 Å². The highest BCUT2D eigenvalue weighted by Crippen LogP contribution is 2.24. The Bertz CT molecular complexity index is 1130. The van der Waals surface area contributed by atoms with Crippen molar-refractivity contribution in [2.45, 2.75) is 18.2 Å². The fraction of sp³-hybridized carbons (Fsp3) is 0.130. The third-order valence-electron chi connectivity index (χ3n) is 4.56. The molecule has 0 spiro atoms. The monoisotopic (exact) mass is 433 g/mol. The summed E-state index contributed by atoms with van der Waals surface area (Å²) in [5.41, 5.74) is 2.81. The smallest absolute Gasteiger partial charge is 0.230 e. The predicted molar refractivity (Wildman–Crippen MR) is 118 cm³/mol. The highest BCUT2D eigenvalue weighted by molar-refractivity contribution is 7.99. The lowest BCUT2D eigenvalue weighted by Crippen LogP contribution is -2.24. The summed E-state index contributed by atoms with van der Waals surface area (Å²) in [7, 11) is 0.